The summed E-state index contributed by atoms with van der Waals surface area (Å²) in [6.07, 6.45) is 0.571. The summed E-state index contributed by atoms with van der Waals surface area (Å²) in [5, 5.41) is 0. The normalized spacial score (nSPS) is 27.6. The topological polar surface area (TPSA) is 29.6 Å². The number of allylic oxidation sites excluding steroid dienone is 1. The Morgan fingerprint density at radius 1 is 1.64 bits per heavy atom. The van der Waals surface area contributed by atoms with Crippen molar-refractivity contribution in [1.82, 2.24) is 0 Å². The third-order valence-electron chi connectivity index (χ3n) is 1.86. The number of carbonyl (C=O) groups is 1. The van der Waals surface area contributed by atoms with Crippen molar-refractivity contribution in [1.29, 1.82) is 0 Å². The molecule has 1 heterocycles. The molecule has 2 heteroatoms. The van der Waals surface area contributed by atoms with Crippen LogP contribution < -0.4 is 0 Å². The van der Waals surface area contributed by atoms with E-state index in [0.29, 0.717) is 6.42 Å². The molecule has 2 nitrogen and oxygen atoms in total. The molecular formula is C9H12O2. The van der Waals surface area contributed by atoms with Gasteiger partial charge in [0, 0.05) is 6.42 Å². The van der Waals surface area contributed by atoms with Crippen molar-refractivity contribution in [3.8, 4) is 0 Å². The first-order valence-electron chi connectivity index (χ1n) is 3.53. The summed E-state index contributed by atoms with van der Waals surface area (Å²) in [6.45, 7) is 11.1. The quantitative estimate of drug-likeness (QED) is 0.456. The van der Waals surface area contributed by atoms with Gasteiger partial charge >= 0.3 is 5.97 Å². The predicted molar refractivity (Wildman–Crippen MR) is 43.1 cm³/mol. The SMILES string of the molecule is C=C(C)C(=C)CC1(C)OC1=O. The van der Waals surface area contributed by atoms with Gasteiger partial charge in [0.15, 0.2) is 0 Å². The van der Waals surface area contributed by atoms with Crippen LogP contribution in [-0.4, -0.2) is 11.6 Å². The maximum absolute atomic E-state index is 10.7. The van der Waals surface area contributed by atoms with Gasteiger partial charge in [-0.2, -0.15) is 0 Å². The van der Waals surface area contributed by atoms with Crippen LogP contribution in [-0.2, 0) is 9.53 Å². The van der Waals surface area contributed by atoms with Gasteiger partial charge in [-0.1, -0.05) is 18.7 Å². The molecule has 0 spiro atoms. The highest BCUT2D eigenvalue weighted by Gasteiger charge is 2.53. The molecule has 0 bridgehead atoms. The fourth-order valence-corrected chi connectivity index (χ4v) is 0.845. The number of hydrogen-bond donors (Lipinski definition) is 0. The van der Waals surface area contributed by atoms with Crippen molar-refractivity contribution >= 4 is 5.97 Å². The van der Waals surface area contributed by atoms with E-state index in [4.69, 9.17) is 4.74 Å². The zero-order valence-electron chi connectivity index (χ0n) is 6.94. The molecule has 0 aromatic carbocycles. The lowest BCUT2D eigenvalue weighted by atomic mass is 9.99. The number of ether oxygens (including phenoxy) is 1. The van der Waals surface area contributed by atoms with Crippen LogP contribution in [0.3, 0.4) is 0 Å². The van der Waals surface area contributed by atoms with Gasteiger partial charge in [-0.05, 0) is 19.4 Å². The standard InChI is InChI=1S/C9H12O2/c1-6(2)7(3)5-9(4)8(10)11-9/h1,3,5H2,2,4H3. The highest BCUT2D eigenvalue weighted by Crippen LogP contribution is 2.35. The van der Waals surface area contributed by atoms with E-state index in [1.807, 2.05) is 6.92 Å². The summed E-state index contributed by atoms with van der Waals surface area (Å²) in [7, 11) is 0. The zero-order valence-corrected chi connectivity index (χ0v) is 6.94. The molecule has 0 N–H and O–H groups in total. The molecule has 0 aliphatic carbocycles. The van der Waals surface area contributed by atoms with E-state index in [0.717, 1.165) is 11.1 Å². The number of rotatable bonds is 3. The number of epoxide rings is 1. The molecule has 0 radical (unpaired) electrons. The van der Waals surface area contributed by atoms with Crippen molar-refractivity contribution < 1.29 is 9.53 Å². The Kier molecular flexibility index (Phi) is 1.63. The molecular weight excluding hydrogens is 140 g/mol. The van der Waals surface area contributed by atoms with Gasteiger partial charge in [-0.25, -0.2) is 4.79 Å². The van der Waals surface area contributed by atoms with E-state index in [2.05, 4.69) is 13.2 Å². The lowest BCUT2D eigenvalue weighted by Gasteiger charge is -2.04. The molecule has 0 aromatic rings. The van der Waals surface area contributed by atoms with Crippen molar-refractivity contribution in [3.05, 3.63) is 24.3 Å². The molecule has 60 valence electrons. The highest BCUT2D eigenvalue weighted by molar-refractivity contribution is 5.92. The Bertz CT molecular complexity index is 240. The lowest BCUT2D eigenvalue weighted by molar-refractivity contribution is -0.117. The van der Waals surface area contributed by atoms with Gasteiger partial charge in [0.2, 0.25) is 5.60 Å². The van der Waals surface area contributed by atoms with Gasteiger partial charge in [-0.15, -0.1) is 0 Å². The Balaban J connectivity index is 2.50. The average molecular weight is 152 g/mol. The Morgan fingerprint density at radius 3 is 2.36 bits per heavy atom. The second-order valence-corrected chi connectivity index (χ2v) is 3.18. The smallest absolute Gasteiger partial charge is 0.351 e. The van der Waals surface area contributed by atoms with E-state index < -0.39 is 5.60 Å². The third kappa shape index (κ3) is 1.50. The molecule has 1 unspecified atom stereocenters. The summed E-state index contributed by atoms with van der Waals surface area (Å²) in [5.41, 5.74) is 1.21. The molecule has 1 aliphatic rings. The minimum absolute atomic E-state index is 0.139. The summed E-state index contributed by atoms with van der Waals surface area (Å²) in [4.78, 5) is 10.7. The molecule has 1 atom stereocenters. The molecule has 0 saturated carbocycles. The van der Waals surface area contributed by atoms with E-state index >= 15 is 0 Å². The largest absolute Gasteiger partial charge is 0.444 e. The fraction of sp³-hybridized carbons (Fsp3) is 0.444. The van der Waals surface area contributed by atoms with Crippen LogP contribution in [0, 0.1) is 0 Å². The molecule has 0 amide bonds. The first-order chi connectivity index (χ1) is 4.96. The van der Waals surface area contributed by atoms with Gasteiger partial charge in [0.1, 0.15) is 0 Å². The highest BCUT2D eigenvalue weighted by atomic mass is 16.7. The summed E-state index contributed by atoms with van der Waals surface area (Å²) in [5.74, 6) is -0.139. The van der Waals surface area contributed by atoms with Gasteiger partial charge in [0.25, 0.3) is 0 Å². The summed E-state index contributed by atoms with van der Waals surface area (Å²) in [6, 6.07) is 0. The van der Waals surface area contributed by atoms with Crippen molar-refractivity contribution in [2.75, 3.05) is 0 Å². The van der Waals surface area contributed by atoms with E-state index in [9.17, 15) is 4.79 Å². The fourth-order valence-electron chi connectivity index (χ4n) is 0.845. The Morgan fingerprint density at radius 2 is 2.09 bits per heavy atom. The van der Waals surface area contributed by atoms with Gasteiger partial charge in [-0.3, -0.25) is 0 Å². The lowest BCUT2D eigenvalue weighted by Crippen LogP contribution is -2.07. The maximum Gasteiger partial charge on any atom is 0.351 e. The van der Waals surface area contributed by atoms with Crippen molar-refractivity contribution in [3.63, 3.8) is 0 Å². The molecule has 1 fully saturated rings. The van der Waals surface area contributed by atoms with Crippen LogP contribution in [0.4, 0.5) is 0 Å². The molecule has 1 rings (SSSR count). The summed E-state index contributed by atoms with van der Waals surface area (Å²) >= 11 is 0. The van der Waals surface area contributed by atoms with Gasteiger partial charge < -0.3 is 4.74 Å². The van der Waals surface area contributed by atoms with Gasteiger partial charge in [0.05, 0.1) is 0 Å². The van der Waals surface area contributed by atoms with Crippen LogP contribution in [0.15, 0.2) is 24.3 Å². The summed E-state index contributed by atoms with van der Waals surface area (Å²) < 4.78 is 4.78. The van der Waals surface area contributed by atoms with Crippen LogP contribution in [0.25, 0.3) is 0 Å². The minimum atomic E-state index is -0.587. The second kappa shape index (κ2) is 2.22. The molecule has 1 aliphatic heterocycles. The van der Waals surface area contributed by atoms with E-state index in [1.165, 1.54) is 0 Å². The van der Waals surface area contributed by atoms with E-state index in [-0.39, 0.29) is 5.97 Å². The van der Waals surface area contributed by atoms with Crippen molar-refractivity contribution in [2.45, 2.75) is 25.9 Å². The second-order valence-electron chi connectivity index (χ2n) is 3.18. The number of carbonyl (C=O) groups excluding carboxylic acids is 1. The van der Waals surface area contributed by atoms with Crippen LogP contribution >= 0.6 is 0 Å². The Labute approximate surface area is 66.5 Å². The van der Waals surface area contributed by atoms with Crippen LogP contribution in [0.2, 0.25) is 0 Å². The van der Waals surface area contributed by atoms with Crippen LogP contribution in [0.5, 0.6) is 0 Å². The van der Waals surface area contributed by atoms with Crippen molar-refractivity contribution in [2.24, 2.45) is 0 Å². The Hall–Kier alpha value is -1.05. The first-order valence-corrected chi connectivity index (χ1v) is 3.53. The number of hydrogen-bond acceptors (Lipinski definition) is 2. The monoisotopic (exact) mass is 152 g/mol. The van der Waals surface area contributed by atoms with E-state index in [1.54, 1.807) is 6.92 Å². The minimum Gasteiger partial charge on any atom is -0.444 e. The zero-order chi connectivity index (χ0) is 8.65. The molecule has 1 saturated heterocycles. The number of cyclic esters (lactones) is 1. The molecule has 0 aromatic heterocycles. The third-order valence-corrected chi connectivity index (χ3v) is 1.86. The first kappa shape index (κ1) is 8.05. The maximum atomic E-state index is 10.7. The van der Waals surface area contributed by atoms with Crippen LogP contribution in [0.1, 0.15) is 20.3 Å². The average Bonchev–Trinajstić information content (AvgIpc) is 2.39. The molecule has 11 heavy (non-hydrogen) atoms. The predicted octanol–water partition coefficient (Wildman–Crippen LogP) is 1.82.